The molecule has 0 aromatic carbocycles. The lowest BCUT2D eigenvalue weighted by Gasteiger charge is -2.03. The van der Waals surface area contributed by atoms with E-state index in [0.717, 1.165) is 18.9 Å². The van der Waals surface area contributed by atoms with Crippen molar-refractivity contribution in [1.29, 1.82) is 0 Å². The Morgan fingerprint density at radius 2 is 2.08 bits per heavy atom. The SMILES string of the molecule is CCCCCCC(O)/C=C/C(=O)O. The lowest BCUT2D eigenvalue weighted by atomic mass is 10.1. The summed E-state index contributed by atoms with van der Waals surface area (Å²) in [5.74, 6) is -1.01. The van der Waals surface area contributed by atoms with Crippen LogP contribution >= 0.6 is 0 Å². The smallest absolute Gasteiger partial charge is 0.328 e. The second-order valence-electron chi connectivity index (χ2n) is 3.11. The maximum absolute atomic E-state index is 10.1. The third-order valence-corrected chi connectivity index (χ3v) is 1.81. The number of aliphatic carboxylic acids is 1. The van der Waals surface area contributed by atoms with Gasteiger partial charge in [0.25, 0.3) is 0 Å². The summed E-state index contributed by atoms with van der Waals surface area (Å²) in [6.45, 7) is 2.13. The standard InChI is InChI=1S/C10H18O3/c1-2-3-4-5-6-9(11)7-8-10(12)13/h7-9,11H,2-6H2,1H3,(H,12,13)/b8-7+. The topological polar surface area (TPSA) is 57.5 Å². The fraction of sp³-hybridized carbons (Fsp3) is 0.700. The second-order valence-corrected chi connectivity index (χ2v) is 3.11. The van der Waals surface area contributed by atoms with Crippen molar-refractivity contribution in [3.8, 4) is 0 Å². The molecule has 3 nitrogen and oxygen atoms in total. The van der Waals surface area contributed by atoms with Gasteiger partial charge >= 0.3 is 5.97 Å². The molecule has 1 unspecified atom stereocenters. The Hall–Kier alpha value is -0.830. The van der Waals surface area contributed by atoms with E-state index in [2.05, 4.69) is 6.92 Å². The van der Waals surface area contributed by atoms with Crippen LogP contribution in [0, 0.1) is 0 Å². The lowest BCUT2D eigenvalue weighted by Crippen LogP contribution is -2.02. The monoisotopic (exact) mass is 186 g/mol. The van der Waals surface area contributed by atoms with E-state index < -0.39 is 12.1 Å². The van der Waals surface area contributed by atoms with Gasteiger partial charge in [-0.2, -0.15) is 0 Å². The molecule has 13 heavy (non-hydrogen) atoms. The molecule has 2 N–H and O–H groups in total. The summed E-state index contributed by atoms with van der Waals surface area (Å²) in [6, 6.07) is 0. The largest absolute Gasteiger partial charge is 0.478 e. The summed E-state index contributed by atoms with van der Waals surface area (Å²) in [5, 5.41) is 17.5. The van der Waals surface area contributed by atoms with Gasteiger partial charge in [0, 0.05) is 6.08 Å². The average Bonchev–Trinajstić information content (AvgIpc) is 2.09. The maximum Gasteiger partial charge on any atom is 0.328 e. The Balaban J connectivity index is 3.40. The van der Waals surface area contributed by atoms with E-state index in [1.807, 2.05) is 0 Å². The van der Waals surface area contributed by atoms with Crippen LogP contribution in [-0.2, 0) is 4.79 Å². The molecule has 76 valence electrons. The zero-order valence-corrected chi connectivity index (χ0v) is 8.07. The first-order valence-electron chi connectivity index (χ1n) is 4.76. The highest BCUT2D eigenvalue weighted by molar-refractivity contribution is 5.79. The molecule has 0 aromatic heterocycles. The molecule has 1 atom stereocenters. The van der Waals surface area contributed by atoms with Crippen LogP contribution in [-0.4, -0.2) is 22.3 Å². The number of unbranched alkanes of at least 4 members (excludes halogenated alkanes) is 3. The summed E-state index contributed by atoms with van der Waals surface area (Å²) >= 11 is 0. The molecule has 0 bridgehead atoms. The molecule has 0 saturated carbocycles. The Morgan fingerprint density at radius 1 is 1.38 bits per heavy atom. The van der Waals surface area contributed by atoms with Crippen LogP contribution < -0.4 is 0 Å². The van der Waals surface area contributed by atoms with Crippen LogP contribution in [0.4, 0.5) is 0 Å². The first-order chi connectivity index (χ1) is 6.16. The van der Waals surface area contributed by atoms with E-state index in [1.54, 1.807) is 0 Å². The molecule has 0 saturated heterocycles. The molecule has 0 rings (SSSR count). The molecule has 0 aliphatic heterocycles. The summed E-state index contributed by atoms with van der Waals surface area (Å²) in [7, 11) is 0. The fourth-order valence-corrected chi connectivity index (χ4v) is 1.07. The quantitative estimate of drug-likeness (QED) is 0.472. The summed E-state index contributed by atoms with van der Waals surface area (Å²) < 4.78 is 0. The van der Waals surface area contributed by atoms with E-state index in [-0.39, 0.29) is 0 Å². The third-order valence-electron chi connectivity index (χ3n) is 1.81. The van der Waals surface area contributed by atoms with Crippen molar-refractivity contribution >= 4 is 5.97 Å². The van der Waals surface area contributed by atoms with Crippen molar-refractivity contribution < 1.29 is 15.0 Å². The van der Waals surface area contributed by atoms with Gasteiger partial charge in [-0.15, -0.1) is 0 Å². The molecule has 0 spiro atoms. The van der Waals surface area contributed by atoms with E-state index >= 15 is 0 Å². The number of aliphatic hydroxyl groups excluding tert-OH is 1. The molecule has 0 amide bonds. The highest BCUT2D eigenvalue weighted by atomic mass is 16.4. The van der Waals surface area contributed by atoms with E-state index in [0.29, 0.717) is 6.42 Å². The number of hydrogen-bond acceptors (Lipinski definition) is 2. The van der Waals surface area contributed by atoms with Crippen LogP contribution in [0.3, 0.4) is 0 Å². The lowest BCUT2D eigenvalue weighted by molar-refractivity contribution is -0.131. The molecule has 0 radical (unpaired) electrons. The predicted octanol–water partition coefficient (Wildman–Crippen LogP) is 1.96. The molecule has 0 aliphatic carbocycles. The molecule has 0 aliphatic rings. The zero-order chi connectivity index (χ0) is 10.1. The van der Waals surface area contributed by atoms with Crippen molar-refractivity contribution in [3.05, 3.63) is 12.2 Å². The number of aliphatic hydroxyl groups is 1. The van der Waals surface area contributed by atoms with Gasteiger partial charge in [-0.3, -0.25) is 0 Å². The maximum atomic E-state index is 10.1. The van der Waals surface area contributed by atoms with Gasteiger partial charge in [-0.05, 0) is 12.5 Å². The van der Waals surface area contributed by atoms with Gasteiger partial charge < -0.3 is 10.2 Å². The van der Waals surface area contributed by atoms with Crippen molar-refractivity contribution in [1.82, 2.24) is 0 Å². The van der Waals surface area contributed by atoms with E-state index in [9.17, 15) is 9.90 Å². The van der Waals surface area contributed by atoms with Gasteiger partial charge in [-0.25, -0.2) is 4.79 Å². The molecule has 0 aromatic rings. The first-order valence-corrected chi connectivity index (χ1v) is 4.76. The fourth-order valence-electron chi connectivity index (χ4n) is 1.07. The Labute approximate surface area is 79.1 Å². The summed E-state index contributed by atoms with van der Waals surface area (Å²) in [6.07, 6.45) is 6.78. The normalized spacial score (nSPS) is 13.4. The Morgan fingerprint density at radius 3 is 2.62 bits per heavy atom. The number of rotatable bonds is 7. The van der Waals surface area contributed by atoms with E-state index in [4.69, 9.17) is 5.11 Å². The molecular formula is C10H18O3. The van der Waals surface area contributed by atoms with Crippen LogP contribution in [0.25, 0.3) is 0 Å². The molecule has 3 heteroatoms. The van der Waals surface area contributed by atoms with Gasteiger partial charge in [0.2, 0.25) is 0 Å². The van der Waals surface area contributed by atoms with Crippen molar-refractivity contribution in [2.24, 2.45) is 0 Å². The zero-order valence-electron chi connectivity index (χ0n) is 8.07. The second kappa shape index (κ2) is 7.80. The van der Waals surface area contributed by atoms with Crippen molar-refractivity contribution in [2.75, 3.05) is 0 Å². The minimum Gasteiger partial charge on any atom is -0.478 e. The van der Waals surface area contributed by atoms with Crippen LogP contribution in [0.2, 0.25) is 0 Å². The Bertz CT molecular complexity index is 164. The van der Waals surface area contributed by atoms with Gasteiger partial charge in [0.05, 0.1) is 6.10 Å². The number of carboxylic acid groups (broad SMARTS) is 1. The van der Waals surface area contributed by atoms with Gasteiger partial charge in [0.1, 0.15) is 0 Å². The molecular weight excluding hydrogens is 168 g/mol. The summed E-state index contributed by atoms with van der Waals surface area (Å²) in [5.41, 5.74) is 0. The third kappa shape index (κ3) is 9.08. The van der Waals surface area contributed by atoms with Gasteiger partial charge in [0.15, 0.2) is 0 Å². The highest BCUT2D eigenvalue weighted by Gasteiger charge is 1.99. The predicted molar refractivity (Wildman–Crippen MR) is 51.5 cm³/mol. The molecule has 0 heterocycles. The number of carboxylic acids is 1. The van der Waals surface area contributed by atoms with Crippen LogP contribution in [0.15, 0.2) is 12.2 Å². The summed E-state index contributed by atoms with van der Waals surface area (Å²) in [4.78, 5) is 10.1. The highest BCUT2D eigenvalue weighted by Crippen LogP contribution is 2.05. The minimum atomic E-state index is -1.01. The van der Waals surface area contributed by atoms with Crippen LogP contribution in [0.5, 0.6) is 0 Å². The number of hydrogen-bond donors (Lipinski definition) is 2. The van der Waals surface area contributed by atoms with Gasteiger partial charge in [-0.1, -0.05) is 32.6 Å². The first kappa shape index (κ1) is 12.2. The van der Waals surface area contributed by atoms with E-state index in [1.165, 1.54) is 18.9 Å². The van der Waals surface area contributed by atoms with Crippen molar-refractivity contribution in [3.63, 3.8) is 0 Å². The molecule has 0 fully saturated rings. The average molecular weight is 186 g/mol. The minimum absolute atomic E-state index is 0.604. The Kier molecular flexibility index (Phi) is 7.30. The van der Waals surface area contributed by atoms with Crippen molar-refractivity contribution in [2.45, 2.75) is 45.1 Å². The van der Waals surface area contributed by atoms with Crippen LogP contribution in [0.1, 0.15) is 39.0 Å². The number of carbonyl (C=O) groups is 1.